The Labute approximate surface area is 276 Å². The van der Waals surface area contributed by atoms with E-state index in [1.165, 1.54) is 26.2 Å². The smallest absolute Gasteiger partial charge is 0.449 e. The number of Topliss-reactive ketones (excluding diaryl/α,β-unsaturated/α-hetero) is 1. The van der Waals surface area contributed by atoms with Gasteiger partial charge in [0, 0.05) is 31.2 Å². The molecule has 0 radical (unpaired) electrons. The second-order valence-corrected chi connectivity index (χ2v) is 14.2. The molecule has 5 rings (SSSR count). The summed E-state index contributed by atoms with van der Waals surface area (Å²) in [5, 5.41) is 0.637. The van der Waals surface area contributed by atoms with Gasteiger partial charge in [-0.25, -0.2) is 9.59 Å². The quantitative estimate of drug-likeness (QED) is 0.178. The van der Waals surface area contributed by atoms with Gasteiger partial charge in [0.1, 0.15) is 5.58 Å². The first-order valence-electron chi connectivity index (χ1n) is 17.5. The number of amides is 1. The van der Waals surface area contributed by atoms with Gasteiger partial charge in [0.05, 0.1) is 18.8 Å². The maximum atomic E-state index is 14.2. The molecule has 2 heterocycles. The average Bonchev–Trinajstić information content (AvgIpc) is 3.69. The van der Waals surface area contributed by atoms with E-state index in [-0.39, 0.29) is 54.4 Å². The van der Waals surface area contributed by atoms with Crippen molar-refractivity contribution < 1.29 is 42.2 Å². The molecule has 258 valence electrons. The lowest BCUT2D eigenvalue weighted by Gasteiger charge is -2.37. The third kappa shape index (κ3) is 8.54. The lowest BCUT2D eigenvalue weighted by molar-refractivity contribution is -0.143. The first-order chi connectivity index (χ1) is 22.5. The van der Waals surface area contributed by atoms with E-state index in [4.69, 9.17) is 18.6 Å². The molecule has 1 aromatic carbocycles. The summed E-state index contributed by atoms with van der Waals surface area (Å²) < 4.78 is 34.0. The van der Waals surface area contributed by atoms with E-state index in [2.05, 4.69) is 0 Å². The number of rotatable bonds is 11. The van der Waals surface area contributed by atoms with Crippen LogP contribution in [-0.2, 0) is 30.2 Å². The second-order valence-electron chi connectivity index (χ2n) is 14.2. The molecule has 2 aliphatic carbocycles. The molecule has 10 heteroatoms. The molecule has 2 aromatic rings. The van der Waals surface area contributed by atoms with Gasteiger partial charge in [-0.1, -0.05) is 45.1 Å². The van der Waals surface area contributed by atoms with E-state index >= 15 is 0 Å². The Bertz CT molecular complexity index is 1410. The van der Waals surface area contributed by atoms with Crippen LogP contribution >= 0.6 is 0 Å². The Morgan fingerprint density at radius 2 is 1.62 bits per heavy atom. The Hall–Kier alpha value is -3.43. The highest BCUT2D eigenvalue weighted by molar-refractivity contribution is 5.94. The molecule has 0 N–H and O–H groups in total. The number of furan rings is 1. The van der Waals surface area contributed by atoms with E-state index in [0.29, 0.717) is 29.3 Å². The van der Waals surface area contributed by atoms with Crippen molar-refractivity contribution in [3.8, 4) is 0 Å². The average molecular weight is 656 g/mol. The molecule has 1 saturated heterocycles. The number of fused-ring (bicyclic) bond motifs is 1. The Morgan fingerprint density at radius 3 is 2.30 bits per heavy atom. The van der Waals surface area contributed by atoms with Crippen LogP contribution in [0, 0.1) is 29.6 Å². The van der Waals surface area contributed by atoms with Crippen molar-refractivity contribution >= 4 is 34.8 Å². The molecular weight excluding hydrogens is 605 g/mol. The number of ketones is 1. The van der Waals surface area contributed by atoms with Gasteiger partial charge in [-0.15, -0.1) is 0 Å². The molecular formula is C37H50FNO8. The van der Waals surface area contributed by atoms with E-state index in [1.807, 2.05) is 24.0 Å². The summed E-state index contributed by atoms with van der Waals surface area (Å²) in [4.78, 5) is 54.5. The molecule has 4 atom stereocenters. The number of alkyl halides is 1. The number of halogens is 1. The van der Waals surface area contributed by atoms with Gasteiger partial charge in [0.15, 0.2) is 5.78 Å². The highest BCUT2D eigenvalue weighted by atomic mass is 19.1. The minimum absolute atomic E-state index is 0.0232. The van der Waals surface area contributed by atoms with E-state index in [1.54, 1.807) is 26.0 Å². The fraction of sp³-hybridized carbons (Fsp3) is 0.676. The van der Waals surface area contributed by atoms with Gasteiger partial charge >= 0.3 is 12.1 Å². The van der Waals surface area contributed by atoms with Crippen LogP contribution < -0.4 is 0 Å². The van der Waals surface area contributed by atoms with Gasteiger partial charge in [-0.3, -0.25) is 14.0 Å². The van der Waals surface area contributed by atoms with Crippen LogP contribution in [0.4, 0.5) is 9.18 Å². The molecule has 3 aliphatic rings. The normalized spacial score (nSPS) is 25.0. The SMILES string of the molecule is CC(C)OC(=O)OC(C)OC(=O)c1cc2cc(CC(=O)[C@@H]3[C@H](C4CCCCC4)CCN3C(=O)C3CCC(C(C)CF)CC3)ccc2o1. The molecule has 1 aromatic heterocycles. The molecule has 47 heavy (non-hydrogen) atoms. The lowest BCUT2D eigenvalue weighted by Crippen LogP contribution is -2.48. The van der Waals surface area contributed by atoms with Gasteiger partial charge in [0.2, 0.25) is 18.0 Å². The standard InChI is InChI=1S/C37H50FNO8/c1-22(2)44-37(43)46-24(4)45-36(42)33-20-29-18-25(10-15-32(29)47-33)19-31(40)34-30(27-8-6-5-7-9-27)16-17-39(34)35(41)28-13-11-26(12-14-28)23(3)21-38/h10,15,18,20,22-24,26-28,30,34H,5-9,11-14,16-17,19,21H2,1-4H3/t23?,24?,26?,28?,30-,34-/m0/s1. The highest BCUT2D eigenvalue weighted by Gasteiger charge is 2.46. The predicted molar refractivity (Wildman–Crippen MR) is 173 cm³/mol. The molecule has 0 spiro atoms. The van der Waals surface area contributed by atoms with Crippen molar-refractivity contribution in [2.45, 2.75) is 117 Å². The van der Waals surface area contributed by atoms with Gasteiger partial charge in [-0.2, -0.15) is 0 Å². The zero-order valence-electron chi connectivity index (χ0n) is 28.2. The summed E-state index contributed by atoms with van der Waals surface area (Å²) in [6.07, 6.45) is 7.52. The molecule has 9 nitrogen and oxygen atoms in total. The number of benzene rings is 1. The molecule has 3 fully saturated rings. The zero-order valence-corrected chi connectivity index (χ0v) is 28.2. The van der Waals surface area contributed by atoms with Crippen molar-refractivity contribution in [3.63, 3.8) is 0 Å². The first kappa shape index (κ1) is 34.9. The summed E-state index contributed by atoms with van der Waals surface area (Å²) >= 11 is 0. The molecule has 2 saturated carbocycles. The fourth-order valence-electron chi connectivity index (χ4n) is 8.03. The summed E-state index contributed by atoms with van der Waals surface area (Å²) in [6, 6.07) is 6.47. The number of ether oxygens (including phenoxy) is 3. The largest absolute Gasteiger partial charge is 0.511 e. The topological polar surface area (TPSA) is 112 Å². The monoisotopic (exact) mass is 655 g/mol. The van der Waals surface area contributed by atoms with Crippen LogP contribution in [-0.4, -0.2) is 60.4 Å². The van der Waals surface area contributed by atoms with Crippen LogP contribution in [0.1, 0.15) is 108 Å². The first-order valence-corrected chi connectivity index (χ1v) is 17.5. The molecule has 1 aliphatic heterocycles. The maximum absolute atomic E-state index is 14.2. The third-order valence-electron chi connectivity index (χ3n) is 10.5. The number of hydrogen-bond donors (Lipinski definition) is 0. The summed E-state index contributed by atoms with van der Waals surface area (Å²) in [5.41, 5.74) is 1.23. The molecule has 1 amide bonds. The van der Waals surface area contributed by atoms with Crippen LogP contribution in [0.3, 0.4) is 0 Å². The van der Waals surface area contributed by atoms with Crippen LogP contribution in [0.25, 0.3) is 11.0 Å². The summed E-state index contributed by atoms with van der Waals surface area (Å²) in [6.45, 7) is 7.00. The van der Waals surface area contributed by atoms with E-state index in [9.17, 15) is 23.6 Å². The Kier molecular flexibility index (Phi) is 11.6. The highest BCUT2D eigenvalue weighted by Crippen LogP contribution is 2.42. The maximum Gasteiger partial charge on any atom is 0.511 e. The minimum atomic E-state index is -1.18. The fourth-order valence-corrected chi connectivity index (χ4v) is 8.03. The number of carbonyl (C=O) groups excluding carboxylic acids is 4. The molecule has 2 unspecified atom stereocenters. The van der Waals surface area contributed by atoms with E-state index < -0.39 is 24.5 Å². The number of carbonyl (C=O) groups is 4. The van der Waals surface area contributed by atoms with Crippen molar-refractivity contribution in [3.05, 3.63) is 35.6 Å². The van der Waals surface area contributed by atoms with Crippen LogP contribution in [0.15, 0.2) is 28.7 Å². The summed E-state index contributed by atoms with van der Waals surface area (Å²) in [5.74, 6) is 0.133. The Morgan fingerprint density at radius 1 is 0.894 bits per heavy atom. The van der Waals surface area contributed by atoms with Crippen molar-refractivity contribution in [2.24, 2.45) is 29.6 Å². The number of hydrogen-bond acceptors (Lipinski definition) is 8. The van der Waals surface area contributed by atoms with Crippen LogP contribution in [0.5, 0.6) is 0 Å². The van der Waals surface area contributed by atoms with Crippen molar-refractivity contribution in [2.75, 3.05) is 13.2 Å². The number of nitrogens with zero attached hydrogens (tertiary/aromatic N) is 1. The predicted octanol–water partition coefficient (Wildman–Crippen LogP) is 7.82. The number of esters is 1. The van der Waals surface area contributed by atoms with Gasteiger partial charge < -0.3 is 23.5 Å². The van der Waals surface area contributed by atoms with Gasteiger partial charge in [0.25, 0.3) is 0 Å². The summed E-state index contributed by atoms with van der Waals surface area (Å²) in [7, 11) is 0. The van der Waals surface area contributed by atoms with E-state index in [0.717, 1.165) is 50.5 Å². The minimum Gasteiger partial charge on any atom is -0.449 e. The zero-order chi connectivity index (χ0) is 33.7. The van der Waals surface area contributed by atoms with Crippen LogP contribution in [0.2, 0.25) is 0 Å². The Balaban J connectivity index is 1.27. The lowest BCUT2D eigenvalue weighted by atomic mass is 9.74. The number of likely N-dealkylation sites (tertiary alicyclic amines) is 1. The van der Waals surface area contributed by atoms with Gasteiger partial charge in [-0.05, 0) is 93.4 Å². The third-order valence-corrected chi connectivity index (χ3v) is 10.5. The van der Waals surface area contributed by atoms with Crippen molar-refractivity contribution in [1.82, 2.24) is 4.90 Å². The molecule has 0 bridgehead atoms. The second kappa shape index (κ2) is 15.6. The van der Waals surface area contributed by atoms with Crippen molar-refractivity contribution in [1.29, 1.82) is 0 Å².